The largest absolute Gasteiger partial charge is 0.454 e. The first kappa shape index (κ1) is 11.3. The topological polar surface area (TPSA) is 59.6 Å². The average molecular weight is 248 g/mol. The molecular weight excluding hydrogens is 232 g/mol. The molecule has 2 aliphatic rings. The molecule has 18 heavy (non-hydrogen) atoms. The average Bonchev–Trinajstić information content (AvgIpc) is 2.73. The first-order valence-corrected chi connectivity index (χ1v) is 6.15. The highest BCUT2D eigenvalue weighted by Gasteiger charge is 2.28. The van der Waals surface area contributed by atoms with Gasteiger partial charge in [-0.25, -0.2) is 0 Å². The van der Waals surface area contributed by atoms with E-state index in [1.54, 1.807) is 6.07 Å². The highest BCUT2D eigenvalue weighted by atomic mass is 16.7. The van der Waals surface area contributed by atoms with Gasteiger partial charge in [0.1, 0.15) is 0 Å². The molecule has 2 heterocycles. The van der Waals surface area contributed by atoms with Gasteiger partial charge in [0.05, 0.1) is 0 Å². The molecule has 1 fully saturated rings. The molecule has 1 aromatic rings. The molecule has 1 aromatic carbocycles. The SMILES string of the molecule is CC(C(=O)Nc1ccc2c(c1)OCO2)C1CNC1. The van der Waals surface area contributed by atoms with Crippen molar-refractivity contribution in [3.05, 3.63) is 18.2 Å². The van der Waals surface area contributed by atoms with Crippen LogP contribution < -0.4 is 20.1 Å². The van der Waals surface area contributed by atoms with Gasteiger partial charge in [0.15, 0.2) is 11.5 Å². The lowest BCUT2D eigenvalue weighted by Gasteiger charge is -2.31. The van der Waals surface area contributed by atoms with Crippen LogP contribution in [0, 0.1) is 11.8 Å². The van der Waals surface area contributed by atoms with Crippen molar-refractivity contribution in [3.8, 4) is 11.5 Å². The molecule has 1 saturated heterocycles. The standard InChI is InChI=1S/C13H16N2O3/c1-8(9-5-14-6-9)13(16)15-10-2-3-11-12(4-10)18-7-17-11/h2-4,8-9,14H,5-7H2,1H3,(H,15,16). The molecule has 1 amide bonds. The van der Waals surface area contributed by atoms with Crippen LogP contribution in [0.25, 0.3) is 0 Å². The summed E-state index contributed by atoms with van der Waals surface area (Å²) >= 11 is 0. The molecule has 1 atom stereocenters. The van der Waals surface area contributed by atoms with E-state index < -0.39 is 0 Å². The van der Waals surface area contributed by atoms with Crippen LogP contribution >= 0.6 is 0 Å². The summed E-state index contributed by atoms with van der Waals surface area (Å²) in [5.41, 5.74) is 0.753. The van der Waals surface area contributed by atoms with Crippen molar-refractivity contribution in [2.45, 2.75) is 6.92 Å². The Hall–Kier alpha value is -1.75. The van der Waals surface area contributed by atoms with Gasteiger partial charge in [-0.3, -0.25) is 4.79 Å². The van der Waals surface area contributed by atoms with Gasteiger partial charge in [0.2, 0.25) is 12.7 Å². The van der Waals surface area contributed by atoms with E-state index in [4.69, 9.17) is 9.47 Å². The molecule has 3 rings (SSSR count). The van der Waals surface area contributed by atoms with E-state index in [0.717, 1.165) is 24.5 Å². The van der Waals surface area contributed by atoms with Gasteiger partial charge in [0.25, 0.3) is 0 Å². The summed E-state index contributed by atoms with van der Waals surface area (Å²) in [4.78, 5) is 12.0. The first-order chi connectivity index (χ1) is 8.74. The van der Waals surface area contributed by atoms with E-state index in [9.17, 15) is 4.79 Å². The van der Waals surface area contributed by atoms with Crippen LogP contribution in [0.5, 0.6) is 11.5 Å². The summed E-state index contributed by atoms with van der Waals surface area (Å²) in [5.74, 6) is 1.94. The van der Waals surface area contributed by atoms with Crippen LogP contribution in [0.4, 0.5) is 5.69 Å². The summed E-state index contributed by atoms with van der Waals surface area (Å²) in [6.07, 6.45) is 0. The fourth-order valence-electron chi connectivity index (χ4n) is 2.11. The lowest BCUT2D eigenvalue weighted by atomic mass is 9.88. The zero-order valence-corrected chi connectivity index (χ0v) is 10.2. The molecule has 0 aliphatic carbocycles. The highest BCUT2D eigenvalue weighted by molar-refractivity contribution is 5.93. The maximum absolute atomic E-state index is 12.0. The molecule has 0 bridgehead atoms. The Balaban J connectivity index is 1.66. The van der Waals surface area contributed by atoms with E-state index in [1.165, 1.54) is 0 Å². The van der Waals surface area contributed by atoms with E-state index in [-0.39, 0.29) is 18.6 Å². The molecule has 2 N–H and O–H groups in total. The van der Waals surface area contributed by atoms with E-state index in [0.29, 0.717) is 11.7 Å². The second kappa shape index (κ2) is 4.49. The smallest absolute Gasteiger partial charge is 0.231 e. The van der Waals surface area contributed by atoms with Crippen molar-refractivity contribution < 1.29 is 14.3 Å². The van der Waals surface area contributed by atoms with Crippen LogP contribution in [0.1, 0.15) is 6.92 Å². The number of amides is 1. The van der Waals surface area contributed by atoms with Crippen molar-refractivity contribution in [1.82, 2.24) is 5.32 Å². The Labute approximate surface area is 105 Å². The monoisotopic (exact) mass is 248 g/mol. The van der Waals surface area contributed by atoms with Gasteiger partial charge < -0.3 is 20.1 Å². The molecule has 2 aliphatic heterocycles. The third-order valence-electron chi connectivity index (χ3n) is 3.57. The number of nitrogens with one attached hydrogen (secondary N) is 2. The molecule has 96 valence electrons. The molecule has 5 heteroatoms. The van der Waals surface area contributed by atoms with Crippen molar-refractivity contribution in [3.63, 3.8) is 0 Å². The maximum atomic E-state index is 12.0. The van der Waals surface area contributed by atoms with Crippen molar-refractivity contribution in [2.24, 2.45) is 11.8 Å². The van der Waals surface area contributed by atoms with Crippen molar-refractivity contribution in [1.29, 1.82) is 0 Å². The Morgan fingerprint density at radius 2 is 2.17 bits per heavy atom. The van der Waals surface area contributed by atoms with E-state index in [1.807, 2.05) is 19.1 Å². The summed E-state index contributed by atoms with van der Waals surface area (Å²) in [6, 6.07) is 5.44. The molecule has 0 saturated carbocycles. The fourth-order valence-corrected chi connectivity index (χ4v) is 2.11. The van der Waals surface area contributed by atoms with Crippen LogP contribution in [0.15, 0.2) is 18.2 Å². The van der Waals surface area contributed by atoms with Crippen molar-refractivity contribution >= 4 is 11.6 Å². The van der Waals surface area contributed by atoms with E-state index >= 15 is 0 Å². The molecule has 0 spiro atoms. The molecule has 0 radical (unpaired) electrons. The van der Waals surface area contributed by atoms with Crippen LogP contribution in [0.2, 0.25) is 0 Å². The van der Waals surface area contributed by atoms with Crippen molar-refractivity contribution in [2.75, 3.05) is 25.2 Å². The third kappa shape index (κ3) is 2.01. The van der Waals surface area contributed by atoms with E-state index in [2.05, 4.69) is 10.6 Å². The lowest BCUT2D eigenvalue weighted by Crippen LogP contribution is -2.48. The minimum atomic E-state index is 0.0247. The van der Waals surface area contributed by atoms with Crippen LogP contribution in [-0.2, 0) is 4.79 Å². The third-order valence-corrected chi connectivity index (χ3v) is 3.57. The number of fused-ring (bicyclic) bond motifs is 1. The summed E-state index contributed by atoms with van der Waals surface area (Å²) in [5, 5.41) is 6.10. The Morgan fingerprint density at radius 1 is 1.39 bits per heavy atom. The summed E-state index contributed by atoms with van der Waals surface area (Å²) < 4.78 is 10.5. The number of carbonyl (C=O) groups is 1. The minimum Gasteiger partial charge on any atom is -0.454 e. The zero-order valence-electron chi connectivity index (χ0n) is 10.2. The number of hydrogen-bond acceptors (Lipinski definition) is 4. The van der Waals surface area contributed by atoms with Gasteiger partial charge in [-0.05, 0) is 31.1 Å². The minimum absolute atomic E-state index is 0.0247. The van der Waals surface area contributed by atoms with Gasteiger partial charge in [0, 0.05) is 17.7 Å². The number of carbonyl (C=O) groups excluding carboxylic acids is 1. The van der Waals surface area contributed by atoms with Crippen LogP contribution in [-0.4, -0.2) is 25.8 Å². The summed E-state index contributed by atoms with van der Waals surface area (Å²) in [7, 11) is 0. The Kier molecular flexibility index (Phi) is 2.83. The molecule has 5 nitrogen and oxygen atoms in total. The number of benzene rings is 1. The second-order valence-electron chi connectivity index (χ2n) is 4.76. The van der Waals surface area contributed by atoms with Gasteiger partial charge in [-0.1, -0.05) is 6.92 Å². The predicted octanol–water partition coefficient (Wildman–Crippen LogP) is 1.21. The lowest BCUT2D eigenvalue weighted by molar-refractivity contribution is -0.121. The number of rotatable bonds is 3. The second-order valence-corrected chi connectivity index (χ2v) is 4.76. The summed E-state index contributed by atoms with van der Waals surface area (Å²) in [6.45, 7) is 4.07. The van der Waals surface area contributed by atoms with Gasteiger partial charge >= 0.3 is 0 Å². The number of anilines is 1. The molecular formula is C13H16N2O3. The van der Waals surface area contributed by atoms with Gasteiger partial charge in [-0.15, -0.1) is 0 Å². The zero-order chi connectivity index (χ0) is 12.5. The maximum Gasteiger partial charge on any atom is 0.231 e. The quantitative estimate of drug-likeness (QED) is 0.844. The van der Waals surface area contributed by atoms with Crippen LogP contribution in [0.3, 0.4) is 0 Å². The first-order valence-electron chi connectivity index (χ1n) is 6.15. The Bertz CT molecular complexity index is 471. The Morgan fingerprint density at radius 3 is 2.89 bits per heavy atom. The van der Waals surface area contributed by atoms with Gasteiger partial charge in [-0.2, -0.15) is 0 Å². The number of hydrogen-bond donors (Lipinski definition) is 2. The molecule has 1 unspecified atom stereocenters. The predicted molar refractivity (Wildman–Crippen MR) is 66.7 cm³/mol. The molecule has 0 aromatic heterocycles. The number of ether oxygens (including phenoxy) is 2. The normalized spacial score (nSPS) is 19.2. The fraction of sp³-hybridized carbons (Fsp3) is 0.462. The highest BCUT2D eigenvalue weighted by Crippen LogP contribution is 2.34.